The number of ether oxygens (including phenoxy) is 2. The molecule has 9 heteroatoms. The Hall–Kier alpha value is -3.17. The molecule has 0 saturated carbocycles. The van der Waals surface area contributed by atoms with Crippen molar-refractivity contribution in [3.63, 3.8) is 0 Å². The molecule has 5 rings (SSSR count). The summed E-state index contributed by atoms with van der Waals surface area (Å²) in [6.07, 6.45) is 10.1. The van der Waals surface area contributed by atoms with Crippen molar-refractivity contribution in [2.45, 2.75) is 90.1 Å². The fraction of sp³-hybridized carbons (Fsp3) is 0.618. The van der Waals surface area contributed by atoms with Gasteiger partial charge in [-0.1, -0.05) is 57.9 Å². The van der Waals surface area contributed by atoms with Gasteiger partial charge in [0, 0.05) is 24.8 Å². The van der Waals surface area contributed by atoms with Crippen molar-refractivity contribution in [2.75, 3.05) is 31.2 Å². The van der Waals surface area contributed by atoms with Crippen molar-refractivity contribution >= 4 is 23.4 Å². The monoisotopic (exact) mass is 593 g/mol. The van der Waals surface area contributed by atoms with Crippen LogP contribution in [0.2, 0.25) is 0 Å². The van der Waals surface area contributed by atoms with Crippen LogP contribution in [-0.4, -0.2) is 88.3 Å². The lowest BCUT2D eigenvalue weighted by Gasteiger charge is -2.42. The van der Waals surface area contributed by atoms with E-state index in [4.69, 9.17) is 9.47 Å². The maximum atomic E-state index is 14.8. The smallest absolute Gasteiger partial charge is 0.249 e. The molecule has 1 aromatic carbocycles. The maximum absolute atomic E-state index is 14.8. The molecule has 43 heavy (non-hydrogen) atoms. The normalized spacial score (nSPS) is 32.2. The van der Waals surface area contributed by atoms with Crippen molar-refractivity contribution in [3.8, 4) is 5.75 Å². The van der Waals surface area contributed by atoms with Crippen LogP contribution in [0.5, 0.6) is 5.75 Å². The minimum atomic E-state index is -1.35. The van der Waals surface area contributed by atoms with Gasteiger partial charge in [-0.15, -0.1) is 0 Å². The molecule has 0 bridgehead atoms. The van der Waals surface area contributed by atoms with Gasteiger partial charge in [0.25, 0.3) is 0 Å². The topological polar surface area (TPSA) is 99.6 Å². The summed E-state index contributed by atoms with van der Waals surface area (Å²) >= 11 is 0. The van der Waals surface area contributed by atoms with Gasteiger partial charge in [-0.2, -0.15) is 0 Å². The first-order valence-corrected chi connectivity index (χ1v) is 15.9. The fourth-order valence-electron chi connectivity index (χ4n) is 7.74. The van der Waals surface area contributed by atoms with E-state index in [1.54, 1.807) is 9.80 Å². The highest BCUT2D eigenvalue weighted by Gasteiger charge is 2.75. The van der Waals surface area contributed by atoms with E-state index in [1.165, 1.54) is 0 Å². The molecule has 2 fully saturated rings. The number of amides is 3. The van der Waals surface area contributed by atoms with E-state index >= 15 is 0 Å². The Balaban J connectivity index is 1.63. The summed E-state index contributed by atoms with van der Waals surface area (Å²) in [7, 11) is 0. The van der Waals surface area contributed by atoms with E-state index < -0.39 is 35.1 Å². The maximum Gasteiger partial charge on any atom is 0.249 e. The van der Waals surface area contributed by atoms with Crippen LogP contribution in [0.15, 0.2) is 48.6 Å². The standard InChI is InChI=1S/C34H47N3O6/c1-7-12-23(5)35-19-11-18-34-28(31(40)37(29(34)32(35)41)26(21-38)22(4)8-2)27-30(39)36(20-10-17-33(27,6)43-34)24-13-15-25(16-14-24)42-9-3/h10-11,13-18,22-23,26-29,38H,7-9,12,19-21H2,1-6H3/t22-,23?,26-,27+,28-,29?,33-,34-/m0/s1. The number of nitrogens with zero attached hydrogens (tertiary/aromatic N) is 3. The minimum absolute atomic E-state index is 0.0383. The van der Waals surface area contributed by atoms with Crippen molar-refractivity contribution in [1.29, 1.82) is 0 Å². The lowest BCUT2D eigenvalue weighted by molar-refractivity contribution is -0.156. The van der Waals surface area contributed by atoms with Crippen LogP contribution in [0.25, 0.3) is 0 Å². The van der Waals surface area contributed by atoms with Gasteiger partial charge in [-0.3, -0.25) is 14.4 Å². The second-order valence-electron chi connectivity index (χ2n) is 12.7. The highest BCUT2D eigenvalue weighted by atomic mass is 16.5. The Morgan fingerprint density at radius 1 is 0.977 bits per heavy atom. The van der Waals surface area contributed by atoms with Crippen LogP contribution < -0.4 is 9.64 Å². The summed E-state index contributed by atoms with van der Waals surface area (Å²) in [5, 5.41) is 10.6. The van der Waals surface area contributed by atoms with E-state index in [-0.39, 0.29) is 36.3 Å². The van der Waals surface area contributed by atoms with Crippen molar-refractivity contribution in [2.24, 2.45) is 17.8 Å². The van der Waals surface area contributed by atoms with E-state index in [1.807, 2.05) is 88.1 Å². The molecular formula is C34H47N3O6. The van der Waals surface area contributed by atoms with Gasteiger partial charge in [-0.25, -0.2) is 0 Å². The quantitative estimate of drug-likeness (QED) is 0.413. The summed E-state index contributed by atoms with van der Waals surface area (Å²) in [6, 6.07) is 5.76. The first-order chi connectivity index (χ1) is 20.6. The number of rotatable bonds is 10. The summed E-state index contributed by atoms with van der Waals surface area (Å²) in [5.74, 6) is -1.88. The van der Waals surface area contributed by atoms with Crippen LogP contribution in [-0.2, 0) is 19.1 Å². The van der Waals surface area contributed by atoms with Gasteiger partial charge in [0.1, 0.15) is 17.4 Å². The van der Waals surface area contributed by atoms with Crippen molar-refractivity contribution in [3.05, 3.63) is 48.6 Å². The predicted octanol–water partition coefficient (Wildman–Crippen LogP) is 3.95. The minimum Gasteiger partial charge on any atom is -0.494 e. The highest BCUT2D eigenvalue weighted by Crippen LogP contribution is 2.58. The zero-order valence-electron chi connectivity index (χ0n) is 26.4. The molecule has 9 nitrogen and oxygen atoms in total. The average Bonchev–Trinajstić information content (AvgIpc) is 3.25. The molecule has 8 atom stereocenters. The first kappa shape index (κ1) is 31.3. The lowest BCUT2D eigenvalue weighted by Crippen LogP contribution is -2.60. The van der Waals surface area contributed by atoms with Gasteiger partial charge >= 0.3 is 0 Å². The van der Waals surface area contributed by atoms with Crippen LogP contribution in [0.4, 0.5) is 5.69 Å². The van der Waals surface area contributed by atoms with Crippen molar-refractivity contribution in [1.82, 2.24) is 9.80 Å². The van der Waals surface area contributed by atoms with Crippen LogP contribution in [0.1, 0.15) is 60.8 Å². The molecule has 3 amide bonds. The molecule has 2 saturated heterocycles. The van der Waals surface area contributed by atoms with Gasteiger partial charge in [0.05, 0.1) is 36.7 Å². The third kappa shape index (κ3) is 4.98. The average molecular weight is 594 g/mol. The largest absolute Gasteiger partial charge is 0.494 e. The summed E-state index contributed by atoms with van der Waals surface area (Å²) in [5.41, 5.74) is -1.76. The lowest BCUT2D eigenvalue weighted by atomic mass is 9.74. The molecule has 0 aliphatic carbocycles. The molecule has 2 unspecified atom stereocenters. The van der Waals surface area contributed by atoms with Gasteiger partial charge in [-0.05, 0) is 57.4 Å². The summed E-state index contributed by atoms with van der Waals surface area (Å²) in [4.78, 5) is 49.1. The molecule has 4 aliphatic heterocycles. The molecule has 1 aromatic rings. The molecule has 4 aliphatic rings. The number of aliphatic hydroxyl groups excluding tert-OH is 1. The first-order valence-electron chi connectivity index (χ1n) is 15.9. The van der Waals surface area contributed by atoms with E-state index in [9.17, 15) is 19.5 Å². The Morgan fingerprint density at radius 3 is 2.30 bits per heavy atom. The second-order valence-corrected chi connectivity index (χ2v) is 12.7. The molecule has 0 aromatic heterocycles. The number of carbonyl (C=O) groups excluding carboxylic acids is 3. The second kappa shape index (κ2) is 12.1. The molecule has 234 valence electrons. The number of hydrogen-bond acceptors (Lipinski definition) is 6. The summed E-state index contributed by atoms with van der Waals surface area (Å²) in [6.45, 7) is 12.9. The number of likely N-dealkylation sites (tertiary alicyclic amines) is 1. The predicted molar refractivity (Wildman–Crippen MR) is 164 cm³/mol. The number of aliphatic hydroxyl groups is 1. The van der Waals surface area contributed by atoms with Crippen LogP contribution in [0, 0.1) is 17.8 Å². The molecule has 1 N–H and O–H groups in total. The van der Waals surface area contributed by atoms with Gasteiger partial charge in [0.15, 0.2) is 0 Å². The van der Waals surface area contributed by atoms with E-state index in [0.29, 0.717) is 37.6 Å². The fourth-order valence-corrected chi connectivity index (χ4v) is 7.74. The SMILES string of the molecule is CCCC(C)N1CC=C[C@]23O[C@@]4(C)C=CCN(c5ccc(OCC)cc5)C(=O)[C@H]4[C@H]2C(=O)N([C@@H](CO)[C@@H](C)CC)C3C1=O. The number of fused-ring (bicyclic) bond motifs is 2. The highest BCUT2D eigenvalue weighted by molar-refractivity contribution is 6.04. The Kier molecular flexibility index (Phi) is 8.78. The molecule has 1 spiro atoms. The Labute approximate surface area is 255 Å². The van der Waals surface area contributed by atoms with Crippen LogP contribution >= 0.6 is 0 Å². The Bertz CT molecular complexity index is 1280. The number of carbonyl (C=O) groups is 3. The number of benzene rings is 1. The van der Waals surface area contributed by atoms with Gasteiger partial charge < -0.3 is 29.3 Å². The van der Waals surface area contributed by atoms with E-state index in [2.05, 4.69) is 6.92 Å². The molecule has 0 radical (unpaired) electrons. The third-order valence-electron chi connectivity index (χ3n) is 10.1. The zero-order valence-corrected chi connectivity index (χ0v) is 26.4. The molecular weight excluding hydrogens is 546 g/mol. The van der Waals surface area contributed by atoms with Crippen molar-refractivity contribution < 1.29 is 29.0 Å². The summed E-state index contributed by atoms with van der Waals surface area (Å²) < 4.78 is 12.6. The number of hydrogen-bond donors (Lipinski definition) is 1. The zero-order chi connectivity index (χ0) is 31.1. The van der Waals surface area contributed by atoms with E-state index in [0.717, 1.165) is 12.8 Å². The van der Waals surface area contributed by atoms with Crippen LogP contribution in [0.3, 0.4) is 0 Å². The Morgan fingerprint density at radius 2 is 1.67 bits per heavy atom. The third-order valence-corrected chi connectivity index (χ3v) is 10.1. The van der Waals surface area contributed by atoms with Gasteiger partial charge in [0.2, 0.25) is 17.7 Å². The number of anilines is 1. The molecule has 4 heterocycles.